The third-order valence-corrected chi connectivity index (χ3v) is 16.4. The molecule has 69 heavy (non-hydrogen) atoms. The van der Waals surface area contributed by atoms with E-state index in [4.69, 9.17) is 0 Å². The van der Waals surface area contributed by atoms with Crippen molar-refractivity contribution >= 4 is 80.9 Å². The molecule has 0 bridgehead atoms. The zero-order valence-electron chi connectivity index (χ0n) is 37.5. The number of benzene rings is 12. The van der Waals surface area contributed by atoms with E-state index in [1.54, 1.807) is 0 Å². The van der Waals surface area contributed by atoms with E-state index in [0.717, 1.165) is 17.1 Å². The average Bonchev–Trinajstić information content (AvgIpc) is 4.05. The van der Waals surface area contributed by atoms with Crippen molar-refractivity contribution in [2.45, 2.75) is 5.41 Å². The Labute approximate surface area is 404 Å². The highest BCUT2D eigenvalue weighted by Crippen LogP contribution is 2.63. The Hall–Kier alpha value is -8.56. The summed E-state index contributed by atoms with van der Waals surface area (Å²) in [4.78, 5) is 2.48. The Morgan fingerprint density at radius 1 is 0.246 bits per heavy atom. The van der Waals surface area contributed by atoms with Gasteiger partial charge in [0.05, 0.1) is 5.41 Å². The maximum atomic E-state index is 2.50. The zero-order chi connectivity index (χ0) is 45.2. The van der Waals surface area contributed by atoms with Gasteiger partial charge in [0.25, 0.3) is 0 Å². The molecule has 1 spiro atoms. The number of nitrogens with zero attached hydrogens (tertiary/aromatic N) is 1. The van der Waals surface area contributed by atoms with E-state index in [2.05, 4.69) is 254 Å². The van der Waals surface area contributed by atoms with Gasteiger partial charge in [-0.3, -0.25) is 0 Å². The number of thiophene rings is 1. The van der Waals surface area contributed by atoms with Crippen molar-refractivity contribution in [3.05, 3.63) is 271 Å². The maximum Gasteiger partial charge on any atom is 0.0726 e. The van der Waals surface area contributed by atoms with Gasteiger partial charge in [-0.15, -0.1) is 11.3 Å². The van der Waals surface area contributed by atoms with Crippen molar-refractivity contribution in [1.82, 2.24) is 0 Å². The van der Waals surface area contributed by atoms with Crippen molar-refractivity contribution in [3.63, 3.8) is 0 Å². The third-order valence-electron chi connectivity index (χ3n) is 15.3. The summed E-state index contributed by atoms with van der Waals surface area (Å²) in [6.07, 6.45) is 0. The second-order valence-corrected chi connectivity index (χ2v) is 19.8. The molecule has 0 atom stereocenters. The standard InChI is InChI=1S/C67H41NS/c1-2-15-51-49(13-1)50-14-3-4-16-52(50)60-40-47(34-37-53(51)60)68(46-32-29-43(30-33-46)42-25-27-44(28-26-42)45-31-36-59-58-20-8-12-24-65(58)69-66(59)39-45)48-35-38-57-56-19-7-11-23-63(56)67(64(57)41-48)61-21-9-5-17-54(61)55-18-6-10-22-62(55)67/h1-41H. The molecule has 2 heteroatoms. The molecule has 2 aliphatic carbocycles. The van der Waals surface area contributed by atoms with Crippen LogP contribution in [0.4, 0.5) is 17.1 Å². The second kappa shape index (κ2) is 14.7. The van der Waals surface area contributed by atoms with Crippen LogP contribution in [0, 0.1) is 0 Å². The molecule has 0 fully saturated rings. The molecule has 0 aliphatic heterocycles. The molecule has 0 radical (unpaired) electrons. The monoisotopic (exact) mass is 891 g/mol. The Balaban J connectivity index is 0.891. The summed E-state index contributed by atoms with van der Waals surface area (Å²) >= 11 is 1.87. The van der Waals surface area contributed by atoms with Gasteiger partial charge in [-0.2, -0.15) is 0 Å². The van der Waals surface area contributed by atoms with Crippen molar-refractivity contribution in [2.24, 2.45) is 0 Å². The first kappa shape index (κ1) is 38.5. The molecule has 0 unspecified atom stereocenters. The van der Waals surface area contributed by atoms with Crippen LogP contribution in [-0.2, 0) is 5.41 Å². The Morgan fingerprint density at radius 2 is 0.638 bits per heavy atom. The van der Waals surface area contributed by atoms with E-state index in [1.165, 1.54) is 119 Å². The fourth-order valence-electron chi connectivity index (χ4n) is 12.3. The summed E-state index contributed by atoms with van der Waals surface area (Å²) in [5, 5.41) is 10.3. The lowest BCUT2D eigenvalue weighted by Gasteiger charge is -2.32. The predicted octanol–water partition coefficient (Wildman–Crippen LogP) is 18.7. The first-order valence-electron chi connectivity index (χ1n) is 23.9. The van der Waals surface area contributed by atoms with Crippen LogP contribution in [0.25, 0.3) is 97.0 Å². The van der Waals surface area contributed by atoms with Crippen LogP contribution >= 0.6 is 11.3 Å². The first-order valence-corrected chi connectivity index (χ1v) is 24.7. The van der Waals surface area contributed by atoms with Gasteiger partial charge in [-0.25, -0.2) is 0 Å². The molecule has 0 saturated heterocycles. The van der Waals surface area contributed by atoms with Crippen LogP contribution < -0.4 is 4.90 Å². The average molecular weight is 892 g/mol. The smallest absolute Gasteiger partial charge is 0.0726 e. The van der Waals surface area contributed by atoms with Crippen molar-refractivity contribution < 1.29 is 0 Å². The summed E-state index contributed by atoms with van der Waals surface area (Å²) in [7, 11) is 0. The minimum absolute atomic E-state index is 0.445. The molecule has 320 valence electrons. The van der Waals surface area contributed by atoms with Gasteiger partial charge in [0.2, 0.25) is 0 Å². The number of hydrogen-bond donors (Lipinski definition) is 0. The van der Waals surface area contributed by atoms with Gasteiger partial charge in [-0.1, -0.05) is 200 Å². The molecule has 1 heterocycles. The number of anilines is 3. The molecule has 0 amide bonds. The quantitative estimate of drug-likeness (QED) is 0.156. The minimum atomic E-state index is -0.445. The van der Waals surface area contributed by atoms with Gasteiger partial charge < -0.3 is 4.90 Å². The normalized spacial score (nSPS) is 13.0. The van der Waals surface area contributed by atoms with E-state index in [1.807, 2.05) is 11.3 Å². The third kappa shape index (κ3) is 5.52. The van der Waals surface area contributed by atoms with Gasteiger partial charge in [-0.05, 0) is 148 Å². The fourth-order valence-corrected chi connectivity index (χ4v) is 13.4. The van der Waals surface area contributed by atoms with Crippen molar-refractivity contribution in [2.75, 3.05) is 4.90 Å². The molecule has 2 aliphatic rings. The van der Waals surface area contributed by atoms with Crippen LogP contribution in [0.5, 0.6) is 0 Å². The molecule has 0 saturated carbocycles. The van der Waals surface area contributed by atoms with Crippen LogP contribution in [-0.4, -0.2) is 0 Å². The topological polar surface area (TPSA) is 3.24 Å². The lowest BCUT2D eigenvalue weighted by Crippen LogP contribution is -2.26. The minimum Gasteiger partial charge on any atom is -0.310 e. The van der Waals surface area contributed by atoms with Crippen LogP contribution in [0.15, 0.2) is 249 Å². The van der Waals surface area contributed by atoms with Crippen LogP contribution in [0.3, 0.4) is 0 Å². The second-order valence-electron chi connectivity index (χ2n) is 18.7. The molecule has 1 aromatic heterocycles. The molecular weight excluding hydrogens is 851 g/mol. The van der Waals surface area contributed by atoms with Crippen LogP contribution in [0.1, 0.15) is 22.3 Å². The van der Waals surface area contributed by atoms with Gasteiger partial charge in [0.1, 0.15) is 0 Å². The number of fused-ring (bicyclic) bond motifs is 19. The first-order chi connectivity index (χ1) is 34.2. The SMILES string of the molecule is c1ccc2c(c1)-c1ccccc1C21c2ccccc2-c2ccc(N(c3ccc(-c4ccc(-c5ccc6c(c5)sc5ccccc56)cc4)cc3)c3ccc4c5ccccc5c5ccccc5c4c3)cc21. The van der Waals surface area contributed by atoms with E-state index >= 15 is 0 Å². The van der Waals surface area contributed by atoms with Crippen molar-refractivity contribution in [3.8, 4) is 44.5 Å². The van der Waals surface area contributed by atoms with E-state index in [9.17, 15) is 0 Å². The molecular formula is C67H41NS. The molecule has 1 nitrogen and oxygen atoms in total. The van der Waals surface area contributed by atoms with E-state index in [-0.39, 0.29) is 0 Å². The fraction of sp³-hybridized carbons (Fsp3) is 0.0149. The largest absolute Gasteiger partial charge is 0.310 e. The lowest BCUT2D eigenvalue weighted by molar-refractivity contribution is 0.793. The Kier molecular flexibility index (Phi) is 8.22. The molecule has 15 rings (SSSR count). The molecule has 0 N–H and O–H groups in total. The van der Waals surface area contributed by atoms with Crippen molar-refractivity contribution in [1.29, 1.82) is 0 Å². The number of hydrogen-bond acceptors (Lipinski definition) is 2. The van der Waals surface area contributed by atoms with Gasteiger partial charge >= 0.3 is 0 Å². The predicted molar refractivity (Wildman–Crippen MR) is 294 cm³/mol. The highest BCUT2D eigenvalue weighted by Gasteiger charge is 2.51. The summed E-state index contributed by atoms with van der Waals surface area (Å²) in [5.41, 5.74) is 18.3. The highest BCUT2D eigenvalue weighted by molar-refractivity contribution is 7.25. The van der Waals surface area contributed by atoms with Gasteiger partial charge in [0, 0.05) is 37.2 Å². The summed E-state index contributed by atoms with van der Waals surface area (Å²) in [6.45, 7) is 0. The van der Waals surface area contributed by atoms with Gasteiger partial charge in [0.15, 0.2) is 0 Å². The highest BCUT2D eigenvalue weighted by atomic mass is 32.1. The Bertz CT molecular complexity index is 4150. The molecule has 12 aromatic carbocycles. The maximum absolute atomic E-state index is 2.50. The van der Waals surface area contributed by atoms with E-state index in [0.29, 0.717) is 0 Å². The van der Waals surface area contributed by atoms with Crippen LogP contribution in [0.2, 0.25) is 0 Å². The summed E-state index contributed by atoms with van der Waals surface area (Å²) in [6, 6.07) is 93.1. The zero-order valence-corrected chi connectivity index (χ0v) is 38.3. The Morgan fingerprint density at radius 3 is 1.25 bits per heavy atom. The van der Waals surface area contributed by atoms with E-state index < -0.39 is 5.41 Å². The lowest BCUT2D eigenvalue weighted by atomic mass is 9.70. The molecule has 13 aromatic rings. The number of rotatable bonds is 5. The summed E-state index contributed by atoms with van der Waals surface area (Å²) in [5.74, 6) is 0. The summed E-state index contributed by atoms with van der Waals surface area (Å²) < 4.78 is 2.66.